The first kappa shape index (κ1) is 11.6. The van der Waals surface area contributed by atoms with Crippen LogP contribution < -0.4 is 0 Å². The smallest absolute Gasteiger partial charge is 0.309 e. The lowest BCUT2D eigenvalue weighted by Gasteiger charge is -2.03. The fourth-order valence-electron chi connectivity index (χ4n) is 2.01. The first-order valence-electron chi connectivity index (χ1n) is 5.50. The molecular formula is C13H14O4. The molecule has 4 nitrogen and oxygen atoms in total. The number of esters is 1. The highest BCUT2D eigenvalue weighted by Gasteiger charge is 2.44. The third-order valence-corrected chi connectivity index (χ3v) is 3.06. The Morgan fingerprint density at radius 3 is 2.82 bits per heavy atom. The van der Waals surface area contributed by atoms with Crippen LogP contribution in [0.1, 0.15) is 23.5 Å². The first-order valence-corrected chi connectivity index (χ1v) is 5.50. The number of benzene rings is 1. The SMILES string of the molecule is COC(=O)Cc1cccc(C2CC2C(=O)O)c1. The number of carbonyl (C=O) groups is 2. The van der Waals surface area contributed by atoms with Crippen molar-refractivity contribution in [2.24, 2.45) is 5.92 Å². The van der Waals surface area contributed by atoms with E-state index in [1.54, 1.807) is 0 Å². The number of carboxylic acid groups (broad SMARTS) is 1. The molecule has 0 aliphatic heterocycles. The Kier molecular flexibility index (Phi) is 3.13. The minimum Gasteiger partial charge on any atom is -0.481 e. The molecular weight excluding hydrogens is 220 g/mol. The fraction of sp³-hybridized carbons (Fsp3) is 0.385. The largest absolute Gasteiger partial charge is 0.481 e. The zero-order chi connectivity index (χ0) is 12.4. The van der Waals surface area contributed by atoms with Gasteiger partial charge in [-0.05, 0) is 23.5 Å². The Morgan fingerprint density at radius 2 is 2.24 bits per heavy atom. The topological polar surface area (TPSA) is 63.6 Å². The van der Waals surface area contributed by atoms with Crippen LogP contribution in [-0.2, 0) is 20.7 Å². The normalized spacial score (nSPS) is 21.9. The van der Waals surface area contributed by atoms with Gasteiger partial charge >= 0.3 is 11.9 Å². The molecule has 1 fully saturated rings. The summed E-state index contributed by atoms with van der Waals surface area (Å²) in [5.41, 5.74) is 1.86. The maximum absolute atomic E-state index is 11.1. The van der Waals surface area contributed by atoms with Gasteiger partial charge in [-0.1, -0.05) is 24.3 Å². The molecule has 1 aromatic rings. The second-order valence-corrected chi connectivity index (χ2v) is 4.28. The monoisotopic (exact) mass is 234 g/mol. The maximum Gasteiger partial charge on any atom is 0.309 e. The highest BCUT2D eigenvalue weighted by Crippen LogP contribution is 2.47. The highest BCUT2D eigenvalue weighted by atomic mass is 16.5. The van der Waals surface area contributed by atoms with E-state index in [4.69, 9.17) is 5.11 Å². The van der Waals surface area contributed by atoms with Gasteiger partial charge in [0.2, 0.25) is 0 Å². The standard InChI is InChI=1S/C13H14O4/c1-17-12(14)6-8-3-2-4-9(5-8)10-7-11(10)13(15)16/h2-5,10-11H,6-7H2,1H3,(H,15,16). The van der Waals surface area contributed by atoms with E-state index in [1.807, 2.05) is 24.3 Å². The van der Waals surface area contributed by atoms with E-state index in [9.17, 15) is 9.59 Å². The number of methoxy groups -OCH3 is 1. The molecule has 2 atom stereocenters. The Hall–Kier alpha value is -1.84. The van der Waals surface area contributed by atoms with E-state index in [2.05, 4.69) is 4.74 Å². The van der Waals surface area contributed by atoms with Crippen molar-refractivity contribution in [3.05, 3.63) is 35.4 Å². The Bertz CT molecular complexity index is 452. The van der Waals surface area contributed by atoms with Gasteiger partial charge in [0.1, 0.15) is 0 Å². The van der Waals surface area contributed by atoms with Crippen molar-refractivity contribution < 1.29 is 19.4 Å². The third-order valence-electron chi connectivity index (χ3n) is 3.06. The lowest BCUT2D eigenvalue weighted by Crippen LogP contribution is -2.05. The van der Waals surface area contributed by atoms with Crippen LogP contribution in [-0.4, -0.2) is 24.2 Å². The molecule has 2 rings (SSSR count). The maximum atomic E-state index is 11.1. The summed E-state index contributed by atoms with van der Waals surface area (Å²) in [6.07, 6.45) is 0.922. The Morgan fingerprint density at radius 1 is 1.47 bits per heavy atom. The predicted molar refractivity (Wildman–Crippen MR) is 60.6 cm³/mol. The summed E-state index contributed by atoms with van der Waals surface area (Å²) < 4.78 is 4.60. The van der Waals surface area contributed by atoms with Crippen molar-refractivity contribution in [2.45, 2.75) is 18.8 Å². The molecule has 1 aliphatic rings. The lowest BCUT2D eigenvalue weighted by molar-refractivity contribution is -0.140. The number of hydrogen-bond donors (Lipinski definition) is 1. The van der Waals surface area contributed by atoms with E-state index in [1.165, 1.54) is 7.11 Å². The first-order chi connectivity index (χ1) is 8.11. The van der Waals surface area contributed by atoms with E-state index >= 15 is 0 Å². The summed E-state index contributed by atoms with van der Waals surface area (Å²) in [4.78, 5) is 21.9. The van der Waals surface area contributed by atoms with Crippen molar-refractivity contribution in [2.75, 3.05) is 7.11 Å². The van der Waals surface area contributed by atoms with Gasteiger partial charge in [0, 0.05) is 0 Å². The van der Waals surface area contributed by atoms with Gasteiger partial charge in [0.25, 0.3) is 0 Å². The van der Waals surface area contributed by atoms with Gasteiger partial charge in [-0.15, -0.1) is 0 Å². The van der Waals surface area contributed by atoms with Gasteiger partial charge < -0.3 is 9.84 Å². The molecule has 17 heavy (non-hydrogen) atoms. The number of ether oxygens (including phenoxy) is 1. The van der Waals surface area contributed by atoms with Crippen LogP contribution >= 0.6 is 0 Å². The second-order valence-electron chi connectivity index (χ2n) is 4.28. The molecule has 0 spiro atoms. The predicted octanol–water partition coefficient (Wildman–Crippen LogP) is 1.59. The lowest BCUT2D eigenvalue weighted by atomic mass is 10.0. The molecule has 1 saturated carbocycles. The average Bonchev–Trinajstić information content (AvgIpc) is 3.09. The van der Waals surface area contributed by atoms with Crippen LogP contribution in [0.15, 0.2) is 24.3 Å². The fourth-order valence-corrected chi connectivity index (χ4v) is 2.01. The van der Waals surface area contributed by atoms with Gasteiger partial charge in [-0.25, -0.2) is 0 Å². The van der Waals surface area contributed by atoms with Crippen LogP contribution in [0.25, 0.3) is 0 Å². The number of aliphatic carboxylic acids is 1. The molecule has 0 heterocycles. The Balaban J connectivity index is 2.08. The molecule has 0 radical (unpaired) electrons. The van der Waals surface area contributed by atoms with Gasteiger partial charge in [0.05, 0.1) is 19.4 Å². The Labute approximate surface area is 99.2 Å². The minimum absolute atomic E-state index is 0.102. The van der Waals surface area contributed by atoms with Crippen LogP contribution in [0, 0.1) is 5.92 Å². The molecule has 0 bridgehead atoms. The van der Waals surface area contributed by atoms with Crippen molar-refractivity contribution in [1.29, 1.82) is 0 Å². The minimum atomic E-state index is -0.742. The van der Waals surface area contributed by atoms with Crippen molar-refractivity contribution in [3.63, 3.8) is 0 Å². The molecule has 1 aliphatic carbocycles. The van der Waals surface area contributed by atoms with E-state index in [0.717, 1.165) is 11.1 Å². The summed E-state index contributed by atoms with van der Waals surface area (Å²) in [6.45, 7) is 0. The van der Waals surface area contributed by atoms with Gasteiger partial charge in [0.15, 0.2) is 0 Å². The number of carbonyl (C=O) groups excluding carboxylic acids is 1. The molecule has 4 heteroatoms. The molecule has 90 valence electrons. The molecule has 2 unspecified atom stereocenters. The van der Waals surface area contributed by atoms with Crippen molar-refractivity contribution in [3.8, 4) is 0 Å². The van der Waals surface area contributed by atoms with Gasteiger partial charge in [-0.2, -0.15) is 0 Å². The van der Waals surface area contributed by atoms with Crippen LogP contribution in [0.2, 0.25) is 0 Å². The average molecular weight is 234 g/mol. The van der Waals surface area contributed by atoms with Crippen LogP contribution in [0.4, 0.5) is 0 Å². The molecule has 0 aromatic heterocycles. The quantitative estimate of drug-likeness (QED) is 0.803. The number of carboxylic acids is 1. The van der Waals surface area contributed by atoms with Crippen LogP contribution in [0.3, 0.4) is 0 Å². The zero-order valence-corrected chi connectivity index (χ0v) is 9.55. The molecule has 1 N–H and O–H groups in total. The second kappa shape index (κ2) is 4.57. The number of rotatable bonds is 4. The van der Waals surface area contributed by atoms with E-state index in [0.29, 0.717) is 6.42 Å². The molecule has 1 aromatic carbocycles. The van der Waals surface area contributed by atoms with Gasteiger partial charge in [-0.3, -0.25) is 9.59 Å². The third kappa shape index (κ3) is 2.64. The van der Waals surface area contributed by atoms with E-state index in [-0.39, 0.29) is 24.2 Å². The van der Waals surface area contributed by atoms with Crippen LogP contribution in [0.5, 0.6) is 0 Å². The summed E-state index contributed by atoms with van der Waals surface area (Å²) in [5.74, 6) is -1.19. The van der Waals surface area contributed by atoms with E-state index < -0.39 is 5.97 Å². The molecule has 0 amide bonds. The summed E-state index contributed by atoms with van der Waals surface area (Å²) in [7, 11) is 1.35. The van der Waals surface area contributed by atoms with Crippen molar-refractivity contribution in [1.82, 2.24) is 0 Å². The van der Waals surface area contributed by atoms with Crippen molar-refractivity contribution >= 4 is 11.9 Å². The molecule has 0 saturated heterocycles. The summed E-state index contributed by atoms with van der Waals surface area (Å²) in [5, 5.41) is 8.86. The zero-order valence-electron chi connectivity index (χ0n) is 9.55. The summed E-state index contributed by atoms with van der Waals surface area (Å²) in [6, 6.07) is 7.50. The number of hydrogen-bond acceptors (Lipinski definition) is 3. The highest BCUT2D eigenvalue weighted by molar-refractivity contribution is 5.75. The summed E-state index contributed by atoms with van der Waals surface area (Å²) >= 11 is 0.